The Bertz CT molecular complexity index is 621. The van der Waals surface area contributed by atoms with E-state index in [-0.39, 0.29) is 5.75 Å². The molecular formula is C14H16N4O2. The van der Waals surface area contributed by atoms with Gasteiger partial charge >= 0.3 is 0 Å². The topological polar surface area (TPSA) is 79.6 Å². The molecule has 0 spiro atoms. The van der Waals surface area contributed by atoms with Crippen molar-refractivity contribution in [1.82, 2.24) is 9.97 Å². The molecule has 0 amide bonds. The van der Waals surface area contributed by atoms with Crippen LogP contribution in [0.1, 0.15) is 17.0 Å². The molecule has 0 saturated heterocycles. The van der Waals surface area contributed by atoms with Crippen molar-refractivity contribution in [1.29, 1.82) is 0 Å². The summed E-state index contributed by atoms with van der Waals surface area (Å²) in [6.07, 6.45) is 1.48. The van der Waals surface area contributed by atoms with E-state index in [0.717, 1.165) is 11.4 Å². The first kappa shape index (κ1) is 13.8. The summed E-state index contributed by atoms with van der Waals surface area (Å²) in [6.45, 7) is 3.77. The van der Waals surface area contributed by atoms with E-state index in [0.29, 0.717) is 17.3 Å². The monoisotopic (exact) mass is 272 g/mol. The van der Waals surface area contributed by atoms with Crippen molar-refractivity contribution >= 4 is 12.2 Å². The summed E-state index contributed by atoms with van der Waals surface area (Å²) in [5.41, 5.74) is 5.00. The van der Waals surface area contributed by atoms with Gasteiger partial charge in [0.15, 0.2) is 0 Å². The van der Waals surface area contributed by atoms with Gasteiger partial charge in [-0.25, -0.2) is 15.4 Å². The van der Waals surface area contributed by atoms with Gasteiger partial charge in [0.25, 0.3) is 0 Å². The molecule has 0 saturated carbocycles. The molecule has 0 aliphatic heterocycles. The molecule has 0 fully saturated rings. The number of nitrogens with one attached hydrogen (secondary N) is 1. The Morgan fingerprint density at radius 3 is 2.55 bits per heavy atom. The van der Waals surface area contributed by atoms with Crippen LogP contribution in [0.3, 0.4) is 0 Å². The van der Waals surface area contributed by atoms with Gasteiger partial charge in [-0.15, -0.1) is 0 Å². The van der Waals surface area contributed by atoms with E-state index in [1.54, 1.807) is 25.3 Å². The van der Waals surface area contributed by atoms with Crippen LogP contribution in [0, 0.1) is 13.8 Å². The van der Waals surface area contributed by atoms with Crippen molar-refractivity contribution in [3.8, 4) is 11.5 Å². The SMILES string of the molecule is COc1ccc(O)c(C=NNc2nc(C)cc(C)n2)c1. The van der Waals surface area contributed by atoms with Crippen LogP contribution in [0.25, 0.3) is 0 Å². The summed E-state index contributed by atoms with van der Waals surface area (Å²) in [6, 6.07) is 6.78. The highest BCUT2D eigenvalue weighted by atomic mass is 16.5. The first-order valence-electron chi connectivity index (χ1n) is 6.07. The van der Waals surface area contributed by atoms with Gasteiger partial charge < -0.3 is 9.84 Å². The van der Waals surface area contributed by atoms with Crippen molar-refractivity contribution < 1.29 is 9.84 Å². The first-order valence-corrected chi connectivity index (χ1v) is 6.07. The zero-order chi connectivity index (χ0) is 14.5. The van der Waals surface area contributed by atoms with Crippen molar-refractivity contribution in [2.45, 2.75) is 13.8 Å². The predicted molar refractivity (Wildman–Crippen MR) is 77.4 cm³/mol. The second-order valence-electron chi connectivity index (χ2n) is 4.27. The number of phenolic OH excluding ortho intramolecular Hbond substituents is 1. The number of aryl methyl sites for hydroxylation is 2. The van der Waals surface area contributed by atoms with Crippen molar-refractivity contribution in [2.24, 2.45) is 5.10 Å². The van der Waals surface area contributed by atoms with Gasteiger partial charge in [-0.2, -0.15) is 5.10 Å². The molecule has 6 heteroatoms. The third kappa shape index (κ3) is 3.44. The average molecular weight is 272 g/mol. The maximum absolute atomic E-state index is 9.71. The normalized spacial score (nSPS) is 10.8. The first-order chi connectivity index (χ1) is 9.58. The van der Waals surface area contributed by atoms with Crippen LogP contribution in [-0.2, 0) is 0 Å². The largest absolute Gasteiger partial charge is 0.507 e. The fourth-order valence-electron chi connectivity index (χ4n) is 1.70. The van der Waals surface area contributed by atoms with Crippen LogP contribution < -0.4 is 10.2 Å². The molecule has 0 atom stereocenters. The summed E-state index contributed by atoms with van der Waals surface area (Å²) in [4.78, 5) is 8.40. The van der Waals surface area contributed by atoms with Crippen LogP contribution in [0.5, 0.6) is 11.5 Å². The average Bonchev–Trinajstić information content (AvgIpc) is 2.40. The molecule has 20 heavy (non-hydrogen) atoms. The Kier molecular flexibility index (Phi) is 4.14. The number of phenols is 1. The Hall–Kier alpha value is -2.63. The highest BCUT2D eigenvalue weighted by molar-refractivity contribution is 5.84. The van der Waals surface area contributed by atoms with Crippen molar-refractivity contribution in [3.63, 3.8) is 0 Å². The van der Waals surface area contributed by atoms with E-state index in [1.807, 2.05) is 19.9 Å². The molecule has 0 unspecified atom stereocenters. The molecule has 1 aromatic carbocycles. The molecule has 2 rings (SSSR count). The minimum Gasteiger partial charge on any atom is -0.507 e. The highest BCUT2D eigenvalue weighted by Crippen LogP contribution is 2.21. The van der Waals surface area contributed by atoms with Gasteiger partial charge in [-0.05, 0) is 38.1 Å². The molecule has 1 heterocycles. The van der Waals surface area contributed by atoms with Crippen LogP contribution >= 0.6 is 0 Å². The lowest BCUT2D eigenvalue weighted by Gasteiger charge is -2.04. The number of rotatable bonds is 4. The smallest absolute Gasteiger partial charge is 0.243 e. The van der Waals surface area contributed by atoms with Gasteiger partial charge in [0.05, 0.1) is 13.3 Å². The van der Waals surface area contributed by atoms with E-state index >= 15 is 0 Å². The van der Waals surface area contributed by atoms with E-state index in [9.17, 15) is 5.11 Å². The molecule has 2 N–H and O–H groups in total. The van der Waals surface area contributed by atoms with Gasteiger partial charge in [0.2, 0.25) is 5.95 Å². The summed E-state index contributed by atoms with van der Waals surface area (Å²) >= 11 is 0. The zero-order valence-electron chi connectivity index (χ0n) is 11.6. The molecular weight excluding hydrogens is 256 g/mol. The predicted octanol–water partition coefficient (Wildman–Crippen LogP) is 2.25. The van der Waals surface area contributed by atoms with Gasteiger partial charge in [-0.1, -0.05) is 0 Å². The maximum atomic E-state index is 9.71. The molecule has 0 aliphatic rings. The van der Waals surface area contributed by atoms with Crippen LogP contribution in [-0.4, -0.2) is 28.4 Å². The van der Waals surface area contributed by atoms with E-state index < -0.39 is 0 Å². The quantitative estimate of drug-likeness (QED) is 0.659. The van der Waals surface area contributed by atoms with Crippen LogP contribution in [0.15, 0.2) is 29.4 Å². The number of aromatic nitrogens is 2. The number of hydrogen-bond acceptors (Lipinski definition) is 6. The van der Waals surface area contributed by atoms with Gasteiger partial charge in [0, 0.05) is 17.0 Å². The molecule has 6 nitrogen and oxygen atoms in total. The lowest BCUT2D eigenvalue weighted by Crippen LogP contribution is -1.99. The molecule has 0 radical (unpaired) electrons. The minimum absolute atomic E-state index is 0.123. The van der Waals surface area contributed by atoms with Gasteiger partial charge in [0.1, 0.15) is 11.5 Å². The zero-order valence-corrected chi connectivity index (χ0v) is 11.6. The maximum Gasteiger partial charge on any atom is 0.243 e. The Labute approximate surface area is 117 Å². The fraction of sp³-hybridized carbons (Fsp3) is 0.214. The molecule has 1 aromatic heterocycles. The van der Waals surface area contributed by atoms with E-state index in [1.165, 1.54) is 6.21 Å². The number of benzene rings is 1. The third-order valence-electron chi connectivity index (χ3n) is 2.59. The number of hydrazone groups is 1. The third-order valence-corrected chi connectivity index (χ3v) is 2.59. The Morgan fingerprint density at radius 2 is 1.90 bits per heavy atom. The van der Waals surface area contributed by atoms with Crippen LogP contribution in [0.4, 0.5) is 5.95 Å². The number of nitrogens with zero attached hydrogens (tertiary/aromatic N) is 3. The number of aromatic hydroxyl groups is 1. The Balaban J connectivity index is 2.13. The van der Waals surface area contributed by atoms with E-state index in [4.69, 9.17) is 4.74 Å². The second-order valence-corrected chi connectivity index (χ2v) is 4.27. The summed E-state index contributed by atoms with van der Waals surface area (Å²) < 4.78 is 5.09. The highest BCUT2D eigenvalue weighted by Gasteiger charge is 2.01. The number of methoxy groups -OCH3 is 1. The van der Waals surface area contributed by atoms with Gasteiger partial charge in [-0.3, -0.25) is 0 Å². The lowest BCUT2D eigenvalue weighted by atomic mass is 10.2. The number of hydrogen-bond donors (Lipinski definition) is 2. The second kappa shape index (κ2) is 6.01. The van der Waals surface area contributed by atoms with Crippen LogP contribution in [0.2, 0.25) is 0 Å². The molecule has 0 bridgehead atoms. The molecule has 0 aliphatic carbocycles. The summed E-state index contributed by atoms with van der Waals surface area (Å²) in [7, 11) is 1.56. The Morgan fingerprint density at radius 1 is 1.20 bits per heavy atom. The fourth-order valence-corrected chi connectivity index (χ4v) is 1.70. The number of ether oxygens (including phenoxy) is 1. The molecule has 104 valence electrons. The summed E-state index contributed by atoms with van der Waals surface area (Å²) in [5, 5.41) is 13.7. The standard InChI is InChI=1S/C14H16N4O2/c1-9-6-10(2)17-14(16-9)18-15-8-11-7-12(20-3)4-5-13(11)19/h4-8,19H,1-3H3,(H,16,17,18). The number of anilines is 1. The minimum atomic E-state index is 0.123. The molecule has 2 aromatic rings. The van der Waals surface area contributed by atoms with Crippen molar-refractivity contribution in [2.75, 3.05) is 12.5 Å². The van der Waals surface area contributed by atoms with Crippen molar-refractivity contribution in [3.05, 3.63) is 41.2 Å². The summed E-state index contributed by atoms with van der Waals surface area (Å²) in [5.74, 6) is 1.19. The van der Waals surface area contributed by atoms with E-state index in [2.05, 4.69) is 20.5 Å². The lowest BCUT2D eigenvalue weighted by molar-refractivity contribution is 0.412.